The molecule has 1 N–H and O–H groups in total. The first kappa shape index (κ1) is 10.3. The van der Waals surface area contributed by atoms with E-state index in [9.17, 15) is 5.11 Å². The fraction of sp³-hybridized carbons (Fsp3) is 0.500. The van der Waals surface area contributed by atoms with Gasteiger partial charge in [-0.1, -0.05) is 39.2 Å². The topological polar surface area (TPSA) is 20.2 Å². The third kappa shape index (κ3) is 1.75. The summed E-state index contributed by atoms with van der Waals surface area (Å²) in [7, 11) is 0. The highest BCUT2D eigenvalue weighted by atomic mass is 16.3. The van der Waals surface area contributed by atoms with E-state index >= 15 is 0 Å². The van der Waals surface area contributed by atoms with Crippen molar-refractivity contribution in [1.82, 2.24) is 0 Å². The SMILES string of the molecule is C=CC1=C(C=C)C(C)C(O)C(C)C1. The molecule has 0 radical (unpaired) electrons. The molecule has 0 aromatic heterocycles. The first-order chi connectivity index (χ1) is 6.11. The Labute approximate surface area is 80.5 Å². The molecule has 0 saturated heterocycles. The van der Waals surface area contributed by atoms with E-state index in [0.29, 0.717) is 5.92 Å². The predicted molar refractivity (Wildman–Crippen MR) is 56.4 cm³/mol. The van der Waals surface area contributed by atoms with E-state index < -0.39 is 0 Å². The summed E-state index contributed by atoms with van der Waals surface area (Å²) < 4.78 is 0. The van der Waals surface area contributed by atoms with Crippen LogP contribution in [0.3, 0.4) is 0 Å². The van der Waals surface area contributed by atoms with E-state index in [1.807, 2.05) is 19.1 Å². The lowest BCUT2D eigenvalue weighted by Crippen LogP contribution is -2.31. The molecule has 13 heavy (non-hydrogen) atoms. The molecule has 0 bridgehead atoms. The molecule has 0 saturated carbocycles. The maximum atomic E-state index is 9.84. The van der Waals surface area contributed by atoms with E-state index in [4.69, 9.17) is 0 Å². The fourth-order valence-electron chi connectivity index (χ4n) is 2.07. The Hall–Kier alpha value is -0.820. The largest absolute Gasteiger partial charge is 0.392 e. The second-order valence-electron chi connectivity index (χ2n) is 3.85. The highest BCUT2D eigenvalue weighted by molar-refractivity contribution is 5.36. The normalized spacial score (nSPS) is 34.5. The van der Waals surface area contributed by atoms with Gasteiger partial charge in [-0.25, -0.2) is 0 Å². The monoisotopic (exact) mass is 178 g/mol. The van der Waals surface area contributed by atoms with Crippen LogP contribution >= 0.6 is 0 Å². The Morgan fingerprint density at radius 2 is 1.92 bits per heavy atom. The molecule has 3 unspecified atom stereocenters. The standard InChI is InChI=1S/C12H18O/c1-5-10-7-8(3)12(13)9(4)11(10)6-2/h5-6,8-9,12-13H,1-2,7H2,3-4H3. The molecule has 0 heterocycles. The molecule has 1 rings (SSSR count). The van der Waals surface area contributed by atoms with Gasteiger partial charge in [0.05, 0.1) is 6.10 Å². The summed E-state index contributed by atoms with van der Waals surface area (Å²) in [6.45, 7) is 11.7. The van der Waals surface area contributed by atoms with Crippen molar-refractivity contribution < 1.29 is 5.11 Å². The smallest absolute Gasteiger partial charge is 0.0634 e. The van der Waals surface area contributed by atoms with Crippen LogP contribution in [-0.2, 0) is 0 Å². The summed E-state index contributed by atoms with van der Waals surface area (Å²) in [5.74, 6) is 0.515. The van der Waals surface area contributed by atoms with Gasteiger partial charge in [-0.05, 0) is 23.5 Å². The van der Waals surface area contributed by atoms with Gasteiger partial charge in [-0.15, -0.1) is 0 Å². The minimum Gasteiger partial charge on any atom is -0.392 e. The van der Waals surface area contributed by atoms with Crippen LogP contribution < -0.4 is 0 Å². The Morgan fingerprint density at radius 3 is 2.38 bits per heavy atom. The minimum absolute atomic E-state index is 0.189. The Kier molecular flexibility index (Phi) is 3.10. The van der Waals surface area contributed by atoms with Crippen LogP contribution in [0, 0.1) is 11.8 Å². The zero-order valence-corrected chi connectivity index (χ0v) is 8.46. The van der Waals surface area contributed by atoms with E-state index in [0.717, 1.165) is 12.0 Å². The molecular formula is C12H18O. The van der Waals surface area contributed by atoms with Gasteiger partial charge >= 0.3 is 0 Å². The maximum absolute atomic E-state index is 9.84. The van der Waals surface area contributed by atoms with Crippen LogP contribution in [0.4, 0.5) is 0 Å². The van der Waals surface area contributed by atoms with Gasteiger partial charge in [0, 0.05) is 5.92 Å². The molecule has 0 amide bonds. The quantitative estimate of drug-likeness (QED) is 0.689. The average Bonchev–Trinajstić information content (AvgIpc) is 2.13. The summed E-state index contributed by atoms with van der Waals surface area (Å²) in [5, 5.41) is 9.84. The molecule has 0 aliphatic heterocycles. The van der Waals surface area contributed by atoms with E-state index in [1.54, 1.807) is 0 Å². The average molecular weight is 178 g/mol. The number of hydrogen-bond donors (Lipinski definition) is 1. The molecule has 0 aromatic rings. The summed E-state index contributed by atoms with van der Waals surface area (Å²) in [6.07, 6.45) is 4.40. The van der Waals surface area contributed by atoms with Crippen LogP contribution in [0.5, 0.6) is 0 Å². The van der Waals surface area contributed by atoms with Gasteiger partial charge in [-0.2, -0.15) is 0 Å². The summed E-state index contributed by atoms with van der Waals surface area (Å²) in [6, 6.07) is 0. The summed E-state index contributed by atoms with van der Waals surface area (Å²) in [5.41, 5.74) is 2.39. The lowest BCUT2D eigenvalue weighted by atomic mass is 9.76. The fourth-order valence-corrected chi connectivity index (χ4v) is 2.07. The van der Waals surface area contributed by atoms with Crippen molar-refractivity contribution in [3.8, 4) is 0 Å². The van der Waals surface area contributed by atoms with Gasteiger partial charge in [0.1, 0.15) is 0 Å². The molecular weight excluding hydrogens is 160 g/mol. The van der Waals surface area contributed by atoms with Crippen LogP contribution in [0.2, 0.25) is 0 Å². The second-order valence-corrected chi connectivity index (χ2v) is 3.85. The van der Waals surface area contributed by atoms with Gasteiger partial charge in [0.2, 0.25) is 0 Å². The number of rotatable bonds is 2. The summed E-state index contributed by atoms with van der Waals surface area (Å²) >= 11 is 0. The molecule has 72 valence electrons. The maximum Gasteiger partial charge on any atom is 0.0634 e. The third-order valence-electron chi connectivity index (χ3n) is 2.96. The van der Waals surface area contributed by atoms with E-state index in [-0.39, 0.29) is 12.0 Å². The van der Waals surface area contributed by atoms with Gasteiger partial charge in [-0.3, -0.25) is 0 Å². The molecule has 1 aliphatic carbocycles. The van der Waals surface area contributed by atoms with Crippen molar-refractivity contribution in [3.05, 3.63) is 36.5 Å². The molecule has 3 atom stereocenters. The molecule has 1 aliphatic rings. The first-order valence-corrected chi connectivity index (χ1v) is 4.77. The van der Waals surface area contributed by atoms with E-state index in [1.165, 1.54) is 5.57 Å². The molecule has 1 heteroatoms. The van der Waals surface area contributed by atoms with E-state index in [2.05, 4.69) is 20.1 Å². The first-order valence-electron chi connectivity index (χ1n) is 4.77. The van der Waals surface area contributed by atoms with Gasteiger partial charge < -0.3 is 5.11 Å². The number of allylic oxidation sites excluding steroid dienone is 3. The lowest BCUT2D eigenvalue weighted by molar-refractivity contribution is 0.0723. The van der Waals surface area contributed by atoms with Crippen molar-refractivity contribution in [2.75, 3.05) is 0 Å². The van der Waals surface area contributed by atoms with Crippen molar-refractivity contribution in [2.45, 2.75) is 26.4 Å². The number of aliphatic hydroxyl groups excluding tert-OH is 1. The Morgan fingerprint density at radius 1 is 1.31 bits per heavy atom. The van der Waals surface area contributed by atoms with Crippen LogP contribution in [0.25, 0.3) is 0 Å². The van der Waals surface area contributed by atoms with Gasteiger partial charge in [0.15, 0.2) is 0 Å². The molecule has 1 nitrogen and oxygen atoms in total. The van der Waals surface area contributed by atoms with Crippen molar-refractivity contribution in [3.63, 3.8) is 0 Å². The zero-order chi connectivity index (χ0) is 10.0. The Balaban J connectivity index is 3.06. The van der Waals surface area contributed by atoms with Crippen LogP contribution in [-0.4, -0.2) is 11.2 Å². The zero-order valence-electron chi connectivity index (χ0n) is 8.46. The second kappa shape index (κ2) is 3.93. The lowest BCUT2D eigenvalue weighted by Gasteiger charge is -2.32. The van der Waals surface area contributed by atoms with Crippen molar-refractivity contribution in [1.29, 1.82) is 0 Å². The summed E-state index contributed by atoms with van der Waals surface area (Å²) in [4.78, 5) is 0. The number of aliphatic hydroxyl groups is 1. The predicted octanol–water partition coefficient (Wildman–Crippen LogP) is 2.69. The molecule has 0 spiro atoms. The van der Waals surface area contributed by atoms with Crippen LogP contribution in [0.15, 0.2) is 36.5 Å². The Bertz CT molecular complexity index is 250. The van der Waals surface area contributed by atoms with Crippen molar-refractivity contribution >= 4 is 0 Å². The highest BCUT2D eigenvalue weighted by Crippen LogP contribution is 2.34. The minimum atomic E-state index is -0.239. The third-order valence-corrected chi connectivity index (χ3v) is 2.96. The van der Waals surface area contributed by atoms with Crippen LogP contribution in [0.1, 0.15) is 20.3 Å². The molecule has 0 fully saturated rings. The highest BCUT2D eigenvalue weighted by Gasteiger charge is 2.29. The van der Waals surface area contributed by atoms with Crippen molar-refractivity contribution in [2.24, 2.45) is 11.8 Å². The molecule has 0 aromatic carbocycles. The van der Waals surface area contributed by atoms with Gasteiger partial charge in [0.25, 0.3) is 0 Å². The number of hydrogen-bond acceptors (Lipinski definition) is 1.